The largest absolute Gasteiger partial charge is 0.331 e. The average Bonchev–Trinajstić information content (AvgIpc) is 2.78. The molecule has 1 N–H and O–H groups in total. The van der Waals surface area contributed by atoms with Crippen LogP contribution >= 0.6 is 11.6 Å². The molecule has 0 aliphatic rings. The molecule has 0 radical (unpaired) electrons. The number of aromatic nitrogens is 2. The van der Waals surface area contributed by atoms with Crippen LogP contribution in [0.25, 0.3) is 10.9 Å². The fourth-order valence-electron chi connectivity index (χ4n) is 3.32. The summed E-state index contributed by atoms with van der Waals surface area (Å²) in [5.74, 6) is 0.347. The van der Waals surface area contributed by atoms with Gasteiger partial charge in [0.2, 0.25) is 0 Å². The van der Waals surface area contributed by atoms with Gasteiger partial charge in [-0.3, -0.25) is 9.59 Å². The molecule has 4 rings (SSSR count). The van der Waals surface area contributed by atoms with Gasteiger partial charge in [-0.2, -0.15) is 0 Å². The monoisotopic (exact) mass is 417 g/mol. The van der Waals surface area contributed by atoms with E-state index >= 15 is 0 Å². The summed E-state index contributed by atoms with van der Waals surface area (Å²) in [6, 6.07) is 23.9. The molecule has 0 atom stereocenters. The van der Waals surface area contributed by atoms with Crippen molar-refractivity contribution in [3.63, 3.8) is 0 Å². The van der Waals surface area contributed by atoms with Crippen LogP contribution in [-0.4, -0.2) is 27.3 Å². The summed E-state index contributed by atoms with van der Waals surface area (Å²) < 4.78 is 0. The molecular formula is C24H20ClN3O2. The molecule has 0 saturated heterocycles. The summed E-state index contributed by atoms with van der Waals surface area (Å²) >= 11 is 5.97. The highest BCUT2D eigenvalue weighted by atomic mass is 35.5. The molecule has 6 heteroatoms. The molecule has 0 aliphatic heterocycles. The van der Waals surface area contributed by atoms with E-state index in [1.807, 2.05) is 48.5 Å². The van der Waals surface area contributed by atoms with Crippen molar-refractivity contribution in [2.24, 2.45) is 0 Å². The Labute approximate surface area is 179 Å². The van der Waals surface area contributed by atoms with Crippen LogP contribution in [0.4, 0.5) is 0 Å². The fraction of sp³-hybridized carbons (Fsp3) is 0.125. The number of hydrogen-bond donors (Lipinski definition) is 1. The number of nitrogens with one attached hydrogen (secondary N) is 1. The number of fused-ring (bicyclic) bond motifs is 1. The van der Waals surface area contributed by atoms with Crippen molar-refractivity contribution < 1.29 is 4.79 Å². The maximum Gasteiger partial charge on any atom is 0.258 e. The van der Waals surface area contributed by atoms with Crippen molar-refractivity contribution >= 4 is 28.4 Å². The van der Waals surface area contributed by atoms with Crippen LogP contribution in [0.15, 0.2) is 83.7 Å². The zero-order valence-electron chi connectivity index (χ0n) is 16.2. The van der Waals surface area contributed by atoms with Crippen molar-refractivity contribution in [2.75, 3.05) is 6.54 Å². The fourth-order valence-corrected chi connectivity index (χ4v) is 3.45. The molecule has 4 aromatic rings. The van der Waals surface area contributed by atoms with Crippen LogP contribution in [0.3, 0.4) is 0 Å². The van der Waals surface area contributed by atoms with Gasteiger partial charge in [-0.25, -0.2) is 4.98 Å². The molecule has 150 valence electrons. The molecule has 0 spiro atoms. The van der Waals surface area contributed by atoms with Crippen molar-refractivity contribution in [3.05, 3.63) is 111 Å². The average molecular weight is 418 g/mol. The van der Waals surface area contributed by atoms with Crippen LogP contribution in [-0.2, 0) is 13.0 Å². The predicted octanol–water partition coefficient (Wildman–Crippen LogP) is 4.46. The quantitative estimate of drug-likeness (QED) is 0.503. The van der Waals surface area contributed by atoms with Gasteiger partial charge in [-0.15, -0.1) is 0 Å². The van der Waals surface area contributed by atoms with Gasteiger partial charge < -0.3 is 9.88 Å². The molecule has 0 saturated carbocycles. The molecule has 3 aromatic carbocycles. The lowest BCUT2D eigenvalue weighted by molar-refractivity contribution is 0.0741. The second-order valence-corrected chi connectivity index (χ2v) is 7.44. The summed E-state index contributed by atoms with van der Waals surface area (Å²) in [5, 5.41) is 1.21. The van der Waals surface area contributed by atoms with Crippen molar-refractivity contribution in [2.45, 2.75) is 13.0 Å². The van der Waals surface area contributed by atoms with E-state index in [9.17, 15) is 9.59 Å². The molecule has 1 aromatic heterocycles. The van der Waals surface area contributed by atoms with E-state index in [-0.39, 0.29) is 18.0 Å². The number of H-pyrrole nitrogens is 1. The van der Waals surface area contributed by atoms with Gasteiger partial charge in [0.25, 0.3) is 11.5 Å². The highest BCUT2D eigenvalue weighted by Crippen LogP contribution is 2.14. The van der Waals surface area contributed by atoms with Crippen LogP contribution in [0.1, 0.15) is 21.7 Å². The first kappa shape index (κ1) is 19.9. The zero-order chi connectivity index (χ0) is 20.9. The standard InChI is InChI=1S/C24H20ClN3O2/c25-19-12-10-17(11-13-19)14-15-28(24(30)18-6-2-1-3-7-18)16-22-26-21-9-5-4-8-20(21)23(29)27-22/h1-13H,14-16H2,(H,26,27,29). The third-order valence-electron chi connectivity index (χ3n) is 4.89. The Morgan fingerprint density at radius 1 is 0.933 bits per heavy atom. The third kappa shape index (κ3) is 4.58. The van der Waals surface area contributed by atoms with E-state index in [1.54, 1.807) is 35.2 Å². The highest BCUT2D eigenvalue weighted by Gasteiger charge is 2.17. The molecule has 1 amide bonds. The Hall–Kier alpha value is -3.44. The Bertz CT molecular complexity index is 1220. The summed E-state index contributed by atoms with van der Waals surface area (Å²) in [6.45, 7) is 0.688. The lowest BCUT2D eigenvalue weighted by Crippen LogP contribution is -2.34. The van der Waals surface area contributed by atoms with Gasteiger partial charge in [0.1, 0.15) is 5.82 Å². The Kier molecular flexibility index (Phi) is 5.91. The summed E-state index contributed by atoms with van der Waals surface area (Å²) in [4.78, 5) is 34.7. The highest BCUT2D eigenvalue weighted by molar-refractivity contribution is 6.30. The van der Waals surface area contributed by atoms with Gasteiger partial charge in [-0.1, -0.05) is 54.1 Å². The van der Waals surface area contributed by atoms with Crippen molar-refractivity contribution in [1.29, 1.82) is 0 Å². The molecule has 0 fully saturated rings. The SMILES string of the molecule is O=C(c1ccccc1)N(CCc1ccc(Cl)cc1)Cc1nc2ccccc2c(=O)[nH]1. The topological polar surface area (TPSA) is 66.1 Å². The first-order valence-corrected chi connectivity index (χ1v) is 10.0. The summed E-state index contributed by atoms with van der Waals surface area (Å²) in [5.41, 5.74) is 2.07. The van der Waals surface area contributed by atoms with Crippen LogP contribution in [0.2, 0.25) is 5.02 Å². The van der Waals surface area contributed by atoms with Crippen LogP contribution in [0.5, 0.6) is 0 Å². The lowest BCUT2D eigenvalue weighted by Gasteiger charge is -2.22. The molecule has 0 aliphatic carbocycles. The Balaban J connectivity index is 1.61. The number of aromatic amines is 1. The minimum absolute atomic E-state index is 0.111. The third-order valence-corrected chi connectivity index (χ3v) is 5.15. The molecule has 0 unspecified atom stereocenters. The van der Waals surface area contributed by atoms with Crippen molar-refractivity contribution in [3.8, 4) is 0 Å². The van der Waals surface area contributed by atoms with Crippen molar-refractivity contribution in [1.82, 2.24) is 14.9 Å². The predicted molar refractivity (Wildman–Crippen MR) is 119 cm³/mol. The second kappa shape index (κ2) is 8.93. The number of nitrogens with zero attached hydrogens (tertiary/aromatic N) is 2. The number of halogens is 1. The van der Waals surface area contributed by atoms with Gasteiger partial charge in [0.15, 0.2) is 0 Å². The van der Waals surface area contributed by atoms with E-state index in [4.69, 9.17) is 11.6 Å². The van der Waals surface area contributed by atoms with Gasteiger partial charge in [0, 0.05) is 17.1 Å². The van der Waals surface area contributed by atoms with Gasteiger partial charge in [0.05, 0.1) is 17.4 Å². The summed E-state index contributed by atoms with van der Waals surface area (Å²) in [6.07, 6.45) is 0.660. The lowest BCUT2D eigenvalue weighted by atomic mass is 10.1. The normalized spacial score (nSPS) is 10.8. The van der Waals surface area contributed by atoms with Crippen LogP contribution in [0, 0.1) is 0 Å². The number of carbonyl (C=O) groups is 1. The molecule has 5 nitrogen and oxygen atoms in total. The van der Waals surface area contributed by atoms with E-state index in [2.05, 4.69) is 9.97 Å². The first-order chi connectivity index (χ1) is 14.6. The number of hydrogen-bond acceptors (Lipinski definition) is 3. The molecule has 0 bridgehead atoms. The Morgan fingerprint density at radius 3 is 2.40 bits per heavy atom. The second-order valence-electron chi connectivity index (χ2n) is 7.00. The Morgan fingerprint density at radius 2 is 1.63 bits per heavy atom. The molecule has 1 heterocycles. The van der Waals surface area contributed by atoms with Gasteiger partial charge >= 0.3 is 0 Å². The van der Waals surface area contributed by atoms with Crippen LogP contribution < -0.4 is 5.56 Å². The maximum absolute atomic E-state index is 13.2. The number of carbonyl (C=O) groups excluding carboxylic acids is 1. The van der Waals surface area contributed by atoms with E-state index in [1.165, 1.54) is 0 Å². The maximum atomic E-state index is 13.2. The molecular weight excluding hydrogens is 398 g/mol. The van der Waals surface area contributed by atoms with E-state index in [0.717, 1.165) is 5.56 Å². The van der Waals surface area contributed by atoms with E-state index in [0.29, 0.717) is 40.3 Å². The summed E-state index contributed by atoms with van der Waals surface area (Å²) in [7, 11) is 0. The van der Waals surface area contributed by atoms with E-state index < -0.39 is 0 Å². The minimum Gasteiger partial charge on any atom is -0.331 e. The number of amides is 1. The van der Waals surface area contributed by atoms with Gasteiger partial charge in [-0.05, 0) is 48.4 Å². The minimum atomic E-state index is -0.208. The molecule has 30 heavy (non-hydrogen) atoms. The number of para-hydroxylation sites is 1. The zero-order valence-corrected chi connectivity index (χ0v) is 17.0. The number of rotatable bonds is 6. The smallest absolute Gasteiger partial charge is 0.258 e. The first-order valence-electron chi connectivity index (χ1n) is 9.67. The number of benzene rings is 3.